The first-order valence-corrected chi connectivity index (χ1v) is 9.77. The number of nitrogens with zero attached hydrogens (tertiary/aromatic N) is 1. The Balaban J connectivity index is 1.90. The normalized spacial score (nSPS) is 17.2. The number of carbonyl (C=O) groups excluding carboxylic acids is 2. The van der Waals surface area contributed by atoms with Crippen molar-refractivity contribution < 1.29 is 14.7 Å². The average molecular weight is 369 g/mol. The zero-order valence-electron chi connectivity index (χ0n) is 15.1. The molecule has 0 radical (unpaired) electrons. The first-order valence-electron chi connectivity index (χ1n) is 8.89. The van der Waals surface area contributed by atoms with Gasteiger partial charge in [-0.3, -0.25) is 9.59 Å². The Morgan fingerprint density at radius 3 is 2.58 bits per heavy atom. The van der Waals surface area contributed by atoms with Crippen LogP contribution in [-0.2, 0) is 16.0 Å². The molecule has 136 valence electrons. The summed E-state index contributed by atoms with van der Waals surface area (Å²) >= 11 is 1.52. The molecular formula is C21H23NO3S. The van der Waals surface area contributed by atoms with Crippen molar-refractivity contribution in [1.29, 1.82) is 0 Å². The molecule has 3 rings (SSSR count). The molecule has 1 aromatic carbocycles. The second kappa shape index (κ2) is 7.87. The van der Waals surface area contributed by atoms with Crippen LogP contribution in [0.15, 0.2) is 53.1 Å². The highest BCUT2D eigenvalue weighted by molar-refractivity contribution is 7.10. The summed E-state index contributed by atoms with van der Waals surface area (Å²) in [7, 11) is 0. The first-order chi connectivity index (χ1) is 12.5. The predicted octanol–water partition coefficient (Wildman–Crippen LogP) is 4.36. The van der Waals surface area contributed by atoms with E-state index in [9.17, 15) is 14.7 Å². The van der Waals surface area contributed by atoms with Gasteiger partial charge in [-0.1, -0.05) is 37.3 Å². The van der Waals surface area contributed by atoms with Crippen molar-refractivity contribution in [2.75, 3.05) is 6.54 Å². The lowest BCUT2D eigenvalue weighted by Gasteiger charge is -2.26. The molecule has 0 fully saturated rings. The largest absolute Gasteiger partial charge is 0.503 e. The third kappa shape index (κ3) is 3.44. The number of ketones is 1. The van der Waals surface area contributed by atoms with E-state index in [2.05, 4.69) is 0 Å². The fraction of sp³-hybridized carbons (Fsp3) is 0.333. The van der Waals surface area contributed by atoms with Gasteiger partial charge in [0, 0.05) is 17.8 Å². The minimum Gasteiger partial charge on any atom is -0.503 e. The van der Waals surface area contributed by atoms with E-state index >= 15 is 0 Å². The SMILES string of the molecule is CCCN1C(=O)C(O)=C(C(=O)CCc2ccccc2)C1c1sccc1C. The standard InChI is InChI=1S/C21H23NO3S/c1-3-12-22-18(20-14(2)11-13-26-20)17(19(24)21(22)25)16(23)10-9-15-7-5-4-6-8-15/h4-8,11,13,18,24H,3,9-10,12H2,1-2H3. The number of aliphatic hydroxyl groups is 1. The van der Waals surface area contributed by atoms with Gasteiger partial charge < -0.3 is 10.0 Å². The Bertz CT molecular complexity index is 838. The Kier molecular flexibility index (Phi) is 5.57. The predicted molar refractivity (Wildman–Crippen MR) is 103 cm³/mol. The molecule has 1 aromatic heterocycles. The molecule has 1 aliphatic rings. The first kappa shape index (κ1) is 18.4. The molecule has 0 aliphatic carbocycles. The Morgan fingerprint density at radius 2 is 1.96 bits per heavy atom. The van der Waals surface area contributed by atoms with Crippen LogP contribution in [0.3, 0.4) is 0 Å². The maximum atomic E-state index is 12.9. The van der Waals surface area contributed by atoms with Crippen LogP contribution in [0.25, 0.3) is 0 Å². The summed E-state index contributed by atoms with van der Waals surface area (Å²) in [6.45, 7) is 4.47. The molecule has 0 spiro atoms. The lowest BCUT2D eigenvalue weighted by Crippen LogP contribution is -2.31. The Hall–Kier alpha value is -2.40. The van der Waals surface area contributed by atoms with Crippen molar-refractivity contribution in [3.63, 3.8) is 0 Å². The number of carbonyl (C=O) groups is 2. The second-order valence-electron chi connectivity index (χ2n) is 6.54. The number of aryl methyl sites for hydroxylation is 2. The summed E-state index contributed by atoms with van der Waals surface area (Å²) < 4.78 is 0. The van der Waals surface area contributed by atoms with E-state index in [1.807, 2.05) is 55.6 Å². The summed E-state index contributed by atoms with van der Waals surface area (Å²) in [4.78, 5) is 28.1. The molecule has 1 amide bonds. The summed E-state index contributed by atoms with van der Waals surface area (Å²) in [6.07, 6.45) is 1.64. The summed E-state index contributed by atoms with van der Waals surface area (Å²) in [6, 6.07) is 11.3. The molecule has 1 unspecified atom stereocenters. The van der Waals surface area contributed by atoms with Crippen LogP contribution in [0.5, 0.6) is 0 Å². The minimum atomic E-state index is -0.467. The smallest absolute Gasteiger partial charge is 0.290 e. The summed E-state index contributed by atoms with van der Waals surface area (Å²) in [5.74, 6) is -0.974. The number of rotatable bonds is 7. The van der Waals surface area contributed by atoms with Crippen LogP contribution in [0.4, 0.5) is 0 Å². The van der Waals surface area contributed by atoms with Gasteiger partial charge in [0.25, 0.3) is 5.91 Å². The van der Waals surface area contributed by atoms with Crippen molar-refractivity contribution >= 4 is 23.0 Å². The number of thiophene rings is 1. The third-order valence-corrected chi connectivity index (χ3v) is 5.77. The minimum absolute atomic E-state index is 0.156. The van der Waals surface area contributed by atoms with Crippen molar-refractivity contribution in [2.24, 2.45) is 0 Å². The topological polar surface area (TPSA) is 57.6 Å². The zero-order chi connectivity index (χ0) is 18.7. The third-order valence-electron chi connectivity index (χ3n) is 4.70. The molecule has 1 atom stereocenters. The summed E-state index contributed by atoms with van der Waals surface area (Å²) in [5, 5.41) is 12.4. The van der Waals surface area contributed by atoms with Crippen molar-refractivity contribution in [2.45, 2.75) is 39.2 Å². The number of hydrogen-bond donors (Lipinski definition) is 1. The fourth-order valence-electron chi connectivity index (χ4n) is 3.38. The van der Waals surface area contributed by atoms with Crippen molar-refractivity contribution in [3.8, 4) is 0 Å². The number of aliphatic hydroxyl groups excluding tert-OH is 1. The lowest BCUT2D eigenvalue weighted by molar-refractivity contribution is -0.129. The van der Waals surface area contributed by atoms with E-state index < -0.39 is 11.9 Å². The average Bonchev–Trinajstić information content (AvgIpc) is 3.17. The van der Waals surface area contributed by atoms with E-state index in [4.69, 9.17) is 0 Å². The highest BCUT2D eigenvalue weighted by atomic mass is 32.1. The molecule has 2 aromatic rings. The maximum absolute atomic E-state index is 12.9. The molecular weight excluding hydrogens is 346 g/mol. The second-order valence-corrected chi connectivity index (χ2v) is 7.49. The Labute approximate surface area is 157 Å². The molecule has 0 saturated heterocycles. The van der Waals surface area contributed by atoms with Gasteiger partial charge in [-0.2, -0.15) is 0 Å². The number of hydrogen-bond acceptors (Lipinski definition) is 4. The van der Waals surface area contributed by atoms with Crippen LogP contribution in [0, 0.1) is 6.92 Å². The fourth-order valence-corrected chi connectivity index (χ4v) is 4.43. The monoisotopic (exact) mass is 369 g/mol. The van der Waals surface area contributed by atoms with Gasteiger partial charge >= 0.3 is 0 Å². The Morgan fingerprint density at radius 1 is 1.23 bits per heavy atom. The van der Waals surface area contributed by atoms with Crippen molar-refractivity contribution in [3.05, 3.63) is 69.1 Å². The summed E-state index contributed by atoms with van der Waals surface area (Å²) in [5.41, 5.74) is 2.36. The van der Waals surface area contributed by atoms with Crippen molar-refractivity contribution in [1.82, 2.24) is 4.90 Å². The highest BCUT2D eigenvalue weighted by Crippen LogP contribution is 2.41. The molecule has 26 heavy (non-hydrogen) atoms. The van der Waals surface area contributed by atoms with E-state index in [0.717, 1.165) is 22.4 Å². The molecule has 4 nitrogen and oxygen atoms in total. The molecule has 1 aliphatic heterocycles. The maximum Gasteiger partial charge on any atom is 0.290 e. The molecule has 1 N–H and O–H groups in total. The number of benzene rings is 1. The van der Waals surface area contributed by atoms with Crippen LogP contribution >= 0.6 is 11.3 Å². The molecule has 0 saturated carbocycles. The highest BCUT2D eigenvalue weighted by Gasteiger charge is 2.43. The van der Waals surface area contributed by atoms with E-state index in [0.29, 0.717) is 13.0 Å². The molecule has 2 heterocycles. The lowest BCUT2D eigenvalue weighted by atomic mass is 9.96. The van der Waals surface area contributed by atoms with Gasteiger partial charge in [0.15, 0.2) is 11.5 Å². The van der Waals surface area contributed by atoms with E-state index in [1.54, 1.807) is 4.90 Å². The molecule has 0 bridgehead atoms. The number of Topliss-reactive ketones (excluding diaryl/α,β-unsaturated/α-hetero) is 1. The van der Waals surface area contributed by atoms with Crippen LogP contribution in [0.1, 0.15) is 41.8 Å². The van der Waals surface area contributed by atoms with Crippen LogP contribution < -0.4 is 0 Å². The zero-order valence-corrected chi connectivity index (χ0v) is 15.9. The van der Waals surface area contributed by atoms with Gasteiger partial charge in [0.05, 0.1) is 11.6 Å². The van der Waals surface area contributed by atoms with Crippen LogP contribution in [-0.4, -0.2) is 28.2 Å². The molecule has 5 heteroatoms. The van der Waals surface area contributed by atoms with Gasteiger partial charge in [-0.25, -0.2) is 0 Å². The van der Waals surface area contributed by atoms with Gasteiger partial charge in [0.2, 0.25) is 0 Å². The van der Waals surface area contributed by atoms with Crippen LogP contribution in [0.2, 0.25) is 0 Å². The van der Waals surface area contributed by atoms with E-state index in [1.165, 1.54) is 11.3 Å². The van der Waals surface area contributed by atoms with Gasteiger partial charge in [0.1, 0.15) is 0 Å². The van der Waals surface area contributed by atoms with Gasteiger partial charge in [-0.05, 0) is 42.3 Å². The van der Waals surface area contributed by atoms with Gasteiger partial charge in [-0.15, -0.1) is 11.3 Å². The number of amides is 1. The quantitative estimate of drug-likeness (QED) is 0.789. The van der Waals surface area contributed by atoms with E-state index in [-0.39, 0.29) is 23.5 Å².